The molecule has 0 saturated heterocycles. The van der Waals surface area contributed by atoms with Gasteiger partial charge in [0.2, 0.25) is 12.7 Å². The van der Waals surface area contributed by atoms with Gasteiger partial charge in [0.1, 0.15) is 11.6 Å². The molecule has 2 aliphatic rings. The Morgan fingerprint density at radius 2 is 1.94 bits per heavy atom. The van der Waals surface area contributed by atoms with Gasteiger partial charge in [-0.05, 0) is 61.1 Å². The Kier molecular flexibility index (Phi) is 6.59. The highest BCUT2D eigenvalue weighted by Crippen LogP contribution is 2.51. The molecule has 0 radical (unpaired) electrons. The summed E-state index contributed by atoms with van der Waals surface area (Å²) in [5.74, 6) is 2.79. The van der Waals surface area contributed by atoms with E-state index in [0.29, 0.717) is 17.3 Å². The van der Waals surface area contributed by atoms with E-state index in [1.165, 1.54) is 0 Å². The summed E-state index contributed by atoms with van der Waals surface area (Å²) >= 11 is 0. The molecule has 1 saturated carbocycles. The molecule has 7 nitrogen and oxygen atoms in total. The average Bonchev–Trinajstić information content (AvgIpc) is 3.58. The number of amides is 1. The SMILES string of the molecule is COc1ccccc1C(CCCCO)c1ccc(NC(=O)C2(c3ccc4c(c3)OCO4)CC2)nc1. The number of nitrogens with zero attached hydrogens (tertiary/aromatic N) is 1. The first-order chi connectivity index (χ1) is 17.1. The summed E-state index contributed by atoms with van der Waals surface area (Å²) in [4.78, 5) is 17.8. The zero-order valence-electron chi connectivity index (χ0n) is 19.8. The van der Waals surface area contributed by atoms with E-state index in [-0.39, 0.29) is 25.2 Å². The number of carbonyl (C=O) groups excluding carboxylic acids is 1. The van der Waals surface area contributed by atoms with Gasteiger partial charge in [0.25, 0.3) is 0 Å². The zero-order chi connectivity index (χ0) is 24.3. The summed E-state index contributed by atoms with van der Waals surface area (Å²) in [5, 5.41) is 12.3. The normalized spacial score (nSPS) is 15.9. The average molecular weight is 475 g/mol. The Morgan fingerprint density at radius 3 is 2.69 bits per heavy atom. The van der Waals surface area contributed by atoms with Gasteiger partial charge < -0.3 is 24.6 Å². The third-order valence-corrected chi connectivity index (χ3v) is 6.96. The number of para-hydroxylation sites is 1. The zero-order valence-corrected chi connectivity index (χ0v) is 19.8. The number of anilines is 1. The van der Waals surface area contributed by atoms with E-state index >= 15 is 0 Å². The van der Waals surface area contributed by atoms with Crippen LogP contribution in [0.3, 0.4) is 0 Å². The van der Waals surface area contributed by atoms with Crippen molar-refractivity contribution in [1.29, 1.82) is 0 Å². The van der Waals surface area contributed by atoms with Crippen LogP contribution in [0.2, 0.25) is 0 Å². The molecule has 1 atom stereocenters. The second-order valence-corrected chi connectivity index (χ2v) is 9.09. The second-order valence-electron chi connectivity index (χ2n) is 9.09. The van der Waals surface area contributed by atoms with Crippen LogP contribution in [0.5, 0.6) is 17.2 Å². The molecule has 2 aromatic carbocycles. The molecular formula is C28H30N2O5. The summed E-state index contributed by atoms with van der Waals surface area (Å²) in [6.45, 7) is 0.386. The molecular weight excluding hydrogens is 444 g/mol. The Labute approximate surface area is 205 Å². The highest BCUT2D eigenvalue weighted by atomic mass is 16.7. The fraction of sp³-hybridized carbons (Fsp3) is 0.357. The van der Waals surface area contributed by atoms with E-state index in [2.05, 4.69) is 16.4 Å². The lowest BCUT2D eigenvalue weighted by molar-refractivity contribution is -0.118. The summed E-state index contributed by atoms with van der Waals surface area (Å²) < 4.78 is 16.5. The maximum absolute atomic E-state index is 13.2. The van der Waals surface area contributed by atoms with Gasteiger partial charge in [-0.1, -0.05) is 36.8 Å². The van der Waals surface area contributed by atoms with Crippen molar-refractivity contribution in [1.82, 2.24) is 4.98 Å². The molecule has 0 bridgehead atoms. The molecule has 1 amide bonds. The van der Waals surface area contributed by atoms with Crippen LogP contribution in [0.1, 0.15) is 54.7 Å². The van der Waals surface area contributed by atoms with Gasteiger partial charge in [-0.2, -0.15) is 0 Å². The molecule has 3 aromatic rings. The summed E-state index contributed by atoms with van der Waals surface area (Å²) in [6, 6.07) is 17.6. The van der Waals surface area contributed by atoms with Crippen LogP contribution in [0.4, 0.5) is 5.82 Å². The van der Waals surface area contributed by atoms with Crippen LogP contribution >= 0.6 is 0 Å². The molecule has 5 rings (SSSR count). The van der Waals surface area contributed by atoms with Crippen molar-refractivity contribution >= 4 is 11.7 Å². The molecule has 1 aliphatic carbocycles. The topological polar surface area (TPSA) is 89.9 Å². The number of fused-ring (bicyclic) bond motifs is 1. The molecule has 2 heterocycles. The molecule has 1 unspecified atom stereocenters. The van der Waals surface area contributed by atoms with E-state index in [4.69, 9.17) is 14.2 Å². The molecule has 1 aromatic heterocycles. The van der Waals surface area contributed by atoms with Gasteiger partial charge in [0, 0.05) is 24.3 Å². The lowest BCUT2D eigenvalue weighted by Gasteiger charge is -2.21. The number of aliphatic hydroxyl groups excluding tert-OH is 1. The first kappa shape index (κ1) is 23.2. The minimum atomic E-state index is -0.550. The van der Waals surface area contributed by atoms with Gasteiger partial charge in [-0.25, -0.2) is 4.98 Å². The number of pyridine rings is 1. The van der Waals surface area contributed by atoms with Crippen LogP contribution in [0.15, 0.2) is 60.8 Å². The van der Waals surface area contributed by atoms with E-state index in [9.17, 15) is 9.90 Å². The number of methoxy groups -OCH3 is 1. The van der Waals surface area contributed by atoms with Crippen molar-refractivity contribution in [2.24, 2.45) is 0 Å². The maximum atomic E-state index is 13.2. The minimum Gasteiger partial charge on any atom is -0.496 e. The Bertz CT molecular complexity index is 1190. The number of nitrogens with one attached hydrogen (secondary N) is 1. The number of rotatable bonds is 10. The first-order valence-corrected chi connectivity index (χ1v) is 12.1. The number of ether oxygens (including phenoxy) is 3. The molecule has 1 aliphatic heterocycles. The Hall–Kier alpha value is -3.58. The Morgan fingerprint density at radius 1 is 1.11 bits per heavy atom. The number of aliphatic hydroxyl groups is 1. The monoisotopic (exact) mass is 474 g/mol. The quantitative estimate of drug-likeness (QED) is 0.411. The molecule has 2 N–H and O–H groups in total. The number of hydrogen-bond donors (Lipinski definition) is 2. The van der Waals surface area contributed by atoms with Gasteiger partial charge in [0.05, 0.1) is 12.5 Å². The lowest BCUT2D eigenvalue weighted by Crippen LogP contribution is -2.28. The highest BCUT2D eigenvalue weighted by Gasteiger charge is 2.51. The van der Waals surface area contributed by atoms with Gasteiger partial charge in [0.15, 0.2) is 11.5 Å². The lowest BCUT2D eigenvalue weighted by atomic mass is 9.87. The Balaban J connectivity index is 1.33. The van der Waals surface area contributed by atoms with Crippen molar-refractivity contribution in [2.45, 2.75) is 43.4 Å². The first-order valence-electron chi connectivity index (χ1n) is 12.1. The summed E-state index contributed by atoms with van der Waals surface area (Å²) in [5.41, 5.74) is 2.52. The minimum absolute atomic E-state index is 0.0548. The van der Waals surface area contributed by atoms with Crippen molar-refractivity contribution in [3.05, 3.63) is 77.5 Å². The predicted molar refractivity (Wildman–Crippen MR) is 132 cm³/mol. The fourth-order valence-electron chi connectivity index (χ4n) is 4.80. The van der Waals surface area contributed by atoms with Crippen molar-refractivity contribution in [3.8, 4) is 17.2 Å². The van der Waals surface area contributed by atoms with Crippen LogP contribution in [-0.2, 0) is 10.2 Å². The number of aromatic nitrogens is 1. The number of carbonyl (C=O) groups is 1. The number of benzene rings is 2. The number of hydrogen-bond acceptors (Lipinski definition) is 6. The van der Waals surface area contributed by atoms with Gasteiger partial charge in [-0.15, -0.1) is 0 Å². The second kappa shape index (κ2) is 9.96. The third kappa shape index (κ3) is 4.68. The highest BCUT2D eigenvalue weighted by molar-refractivity contribution is 6.01. The molecule has 182 valence electrons. The molecule has 1 fully saturated rings. The predicted octanol–water partition coefficient (Wildman–Crippen LogP) is 4.78. The van der Waals surface area contributed by atoms with Gasteiger partial charge in [-0.3, -0.25) is 4.79 Å². The van der Waals surface area contributed by atoms with Crippen molar-refractivity contribution < 1.29 is 24.1 Å². The maximum Gasteiger partial charge on any atom is 0.236 e. The molecule has 0 spiro atoms. The van der Waals surface area contributed by atoms with Crippen molar-refractivity contribution in [3.63, 3.8) is 0 Å². The van der Waals surface area contributed by atoms with E-state index < -0.39 is 5.41 Å². The van der Waals surface area contributed by atoms with E-state index in [1.807, 2.05) is 54.7 Å². The van der Waals surface area contributed by atoms with Crippen LogP contribution < -0.4 is 19.5 Å². The van der Waals surface area contributed by atoms with Crippen molar-refractivity contribution in [2.75, 3.05) is 25.8 Å². The third-order valence-electron chi connectivity index (χ3n) is 6.96. The molecule has 7 heteroatoms. The standard InChI is InChI=1S/C28H30N2O5/c1-33-23-8-3-2-7-22(23)21(6-4-5-15-31)19-9-12-26(29-17-19)30-27(32)28(13-14-28)20-10-11-24-25(16-20)35-18-34-24/h2-3,7-12,16-17,21,31H,4-6,13-15,18H2,1H3,(H,29,30,32). The smallest absolute Gasteiger partial charge is 0.236 e. The molecule has 35 heavy (non-hydrogen) atoms. The summed E-state index contributed by atoms with van der Waals surface area (Å²) in [7, 11) is 1.67. The summed E-state index contributed by atoms with van der Waals surface area (Å²) in [6.07, 6.45) is 5.90. The van der Waals surface area contributed by atoms with Crippen LogP contribution in [-0.4, -0.2) is 36.5 Å². The fourth-order valence-corrected chi connectivity index (χ4v) is 4.80. The largest absolute Gasteiger partial charge is 0.496 e. The van der Waals surface area contributed by atoms with Crippen LogP contribution in [0, 0.1) is 0 Å². The van der Waals surface area contributed by atoms with Gasteiger partial charge >= 0.3 is 0 Å². The number of unbranched alkanes of at least 4 members (excludes halogenated alkanes) is 1. The van der Waals surface area contributed by atoms with Crippen LogP contribution in [0.25, 0.3) is 0 Å². The van der Waals surface area contributed by atoms with E-state index in [1.54, 1.807) is 7.11 Å². The van der Waals surface area contributed by atoms with E-state index in [0.717, 1.165) is 54.5 Å².